The molecule has 1 aliphatic heterocycles. The van der Waals surface area contributed by atoms with Gasteiger partial charge in [0.25, 0.3) is 5.91 Å². The Labute approximate surface area is 212 Å². The van der Waals surface area contributed by atoms with Gasteiger partial charge in [-0.2, -0.15) is 13.2 Å². The summed E-state index contributed by atoms with van der Waals surface area (Å²) in [5.41, 5.74) is -0.298. The molecule has 4 rings (SSSR count). The van der Waals surface area contributed by atoms with E-state index in [0.717, 1.165) is 19.3 Å². The highest BCUT2D eigenvalue weighted by atomic mass is 19.4. The van der Waals surface area contributed by atoms with Gasteiger partial charge in [0, 0.05) is 38.2 Å². The highest BCUT2D eigenvalue weighted by Gasteiger charge is 2.42. The summed E-state index contributed by atoms with van der Waals surface area (Å²) in [5.74, 6) is -1.97. The van der Waals surface area contributed by atoms with E-state index in [2.05, 4.69) is 20.2 Å². The van der Waals surface area contributed by atoms with Crippen molar-refractivity contribution in [1.29, 1.82) is 0 Å². The molecular weight excluding hydrogens is 487 g/mol. The molecule has 2 amide bonds. The summed E-state index contributed by atoms with van der Waals surface area (Å²) in [6, 6.07) is 11.5. The number of carbonyl (C=O) groups is 2. The lowest BCUT2D eigenvalue weighted by Crippen LogP contribution is -2.45. The van der Waals surface area contributed by atoms with Crippen LogP contribution in [0.2, 0.25) is 0 Å². The number of nitrogens with zero attached hydrogens (tertiary/aromatic N) is 4. The number of carbonyl (C=O) groups excluding carboxylic acids is 2. The van der Waals surface area contributed by atoms with Crippen LogP contribution in [0.3, 0.4) is 0 Å². The molecule has 0 unspecified atom stereocenters. The predicted molar refractivity (Wildman–Crippen MR) is 132 cm³/mol. The fourth-order valence-electron chi connectivity index (χ4n) is 4.28. The largest absolute Gasteiger partial charge is 0.452 e. The first-order valence-corrected chi connectivity index (χ1v) is 12.1. The number of alkyl halides is 3. The lowest BCUT2D eigenvalue weighted by Gasteiger charge is -2.37. The topological polar surface area (TPSA) is 91.6 Å². The maximum atomic E-state index is 13.5. The maximum absolute atomic E-state index is 13.5. The van der Waals surface area contributed by atoms with Crippen molar-refractivity contribution in [1.82, 2.24) is 14.9 Å². The number of pyridine rings is 1. The summed E-state index contributed by atoms with van der Waals surface area (Å²) >= 11 is 0. The zero-order chi connectivity index (χ0) is 26.6. The monoisotopic (exact) mass is 515 g/mol. The Hall–Kier alpha value is -3.89. The lowest BCUT2D eigenvalue weighted by molar-refractivity contribution is -0.153. The number of halogens is 3. The number of rotatable bonds is 7. The van der Waals surface area contributed by atoms with Gasteiger partial charge in [0.15, 0.2) is 5.69 Å². The first kappa shape index (κ1) is 26.2. The lowest BCUT2D eigenvalue weighted by atomic mass is 10.0. The van der Waals surface area contributed by atoms with Crippen LogP contribution in [0.15, 0.2) is 53.1 Å². The Morgan fingerprint density at radius 3 is 2.43 bits per heavy atom. The van der Waals surface area contributed by atoms with E-state index in [9.17, 15) is 22.8 Å². The van der Waals surface area contributed by atoms with Crippen LogP contribution in [0.5, 0.6) is 0 Å². The van der Waals surface area contributed by atoms with E-state index in [1.54, 1.807) is 42.5 Å². The second-order valence-electron chi connectivity index (χ2n) is 8.89. The molecule has 196 valence electrons. The van der Waals surface area contributed by atoms with E-state index in [0.29, 0.717) is 30.9 Å². The molecule has 8 nitrogen and oxygen atoms in total. The molecule has 3 heterocycles. The van der Waals surface area contributed by atoms with Gasteiger partial charge in [-0.1, -0.05) is 25.1 Å². The van der Waals surface area contributed by atoms with Crippen molar-refractivity contribution < 1.29 is 27.2 Å². The van der Waals surface area contributed by atoms with Crippen molar-refractivity contribution in [2.45, 2.75) is 44.8 Å². The van der Waals surface area contributed by atoms with Crippen LogP contribution in [-0.4, -0.2) is 52.9 Å². The van der Waals surface area contributed by atoms with Gasteiger partial charge in [-0.3, -0.25) is 9.59 Å². The Morgan fingerprint density at radius 2 is 1.84 bits per heavy atom. The molecule has 1 fully saturated rings. The quantitative estimate of drug-likeness (QED) is 0.463. The van der Waals surface area contributed by atoms with Gasteiger partial charge in [0.05, 0.1) is 11.9 Å². The molecule has 1 aromatic carbocycles. The molecule has 11 heteroatoms. The van der Waals surface area contributed by atoms with Crippen LogP contribution in [0, 0.1) is 0 Å². The van der Waals surface area contributed by atoms with Crippen LogP contribution in [0.4, 0.5) is 24.7 Å². The Morgan fingerprint density at radius 1 is 1.14 bits per heavy atom. The Balaban J connectivity index is 1.42. The Bertz CT molecular complexity index is 1220. The van der Waals surface area contributed by atoms with Crippen LogP contribution < -0.4 is 10.2 Å². The van der Waals surface area contributed by atoms with E-state index in [1.165, 1.54) is 6.20 Å². The zero-order valence-electron chi connectivity index (χ0n) is 20.6. The number of anilines is 2. The summed E-state index contributed by atoms with van der Waals surface area (Å²) < 4.78 is 45.6. The van der Waals surface area contributed by atoms with Gasteiger partial charge in [0.1, 0.15) is 5.82 Å². The minimum Gasteiger partial charge on any atom is -0.431 e. The highest BCUT2D eigenvalue weighted by molar-refractivity contribution is 6.04. The molecule has 1 aliphatic rings. The number of oxazole rings is 1. The first-order valence-electron chi connectivity index (χ1n) is 12.1. The predicted octanol–water partition coefficient (Wildman–Crippen LogP) is 5.24. The average molecular weight is 516 g/mol. The van der Waals surface area contributed by atoms with E-state index in [4.69, 9.17) is 4.42 Å². The zero-order valence-corrected chi connectivity index (χ0v) is 20.6. The molecule has 0 aliphatic carbocycles. The highest BCUT2D eigenvalue weighted by Crippen LogP contribution is 2.35. The van der Waals surface area contributed by atoms with Crippen molar-refractivity contribution in [2.75, 3.05) is 30.4 Å². The van der Waals surface area contributed by atoms with Gasteiger partial charge in [-0.25, -0.2) is 9.97 Å². The summed E-state index contributed by atoms with van der Waals surface area (Å²) in [6.07, 6.45) is -0.530. The SMILES string of the molecule is CCCC(=O)N(C)C1CCN(c2ccc(NC(=O)c3nc(-c4ccccc4)oc3C(F)(F)F)cn2)CC1. The number of benzene rings is 1. The molecule has 0 atom stereocenters. The minimum absolute atomic E-state index is 0.149. The minimum atomic E-state index is -4.89. The number of hydrogen-bond donors (Lipinski definition) is 1. The first-order chi connectivity index (χ1) is 17.7. The standard InChI is InChI=1S/C26H28F3N5O3/c1-3-7-21(35)33(2)19-12-14-34(15-13-19)20-11-10-18(16-30-20)31-24(36)22-23(26(27,28)29)37-25(32-22)17-8-5-4-6-9-17/h4-6,8-11,16,19H,3,7,12-15H2,1-2H3,(H,31,36). The second-order valence-corrected chi connectivity index (χ2v) is 8.89. The third-order valence-electron chi connectivity index (χ3n) is 6.32. The van der Waals surface area contributed by atoms with Crippen molar-refractivity contribution in [3.05, 3.63) is 60.1 Å². The third-order valence-corrected chi connectivity index (χ3v) is 6.32. The fourth-order valence-corrected chi connectivity index (χ4v) is 4.28. The number of piperidine rings is 1. The van der Waals surface area contributed by atoms with Gasteiger partial charge in [-0.05, 0) is 43.5 Å². The van der Waals surface area contributed by atoms with E-state index >= 15 is 0 Å². The molecule has 0 bridgehead atoms. The van der Waals surface area contributed by atoms with Crippen molar-refractivity contribution >= 4 is 23.3 Å². The average Bonchev–Trinajstić information content (AvgIpc) is 3.36. The van der Waals surface area contributed by atoms with Gasteiger partial charge < -0.3 is 19.5 Å². The van der Waals surface area contributed by atoms with E-state index < -0.39 is 23.5 Å². The number of hydrogen-bond acceptors (Lipinski definition) is 6. The Kier molecular flexibility index (Phi) is 7.80. The van der Waals surface area contributed by atoms with Crippen LogP contribution in [0.25, 0.3) is 11.5 Å². The summed E-state index contributed by atoms with van der Waals surface area (Å²) in [7, 11) is 1.84. The van der Waals surface area contributed by atoms with Crippen molar-refractivity contribution in [3.63, 3.8) is 0 Å². The fraction of sp³-hybridized carbons (Fsp3) is 0.385. The number of nitrogens with one attached hydrogen (secondary N) is 1. The number of aromatic nitrogens is 2. The summed E-state index contributed by atoms with van der Waals surface area (Å²) in [5, 5.41) is 2.43. The normalized spacial score (nSPS) is 14.5. The summed E-state index contributed by atoms with van der Waals surface area (Å²) in [6.45, 7) is 3.40. The van der Waals surface area contributed by atoms with Crippen LogP contribution in [0.1, 0.15) is 48.9 Å². The third kappa shape index (κ3) is 6.10. The molecule has 3 aromatic rings. The smallest absolute Gasteiger partial charge is 0.431 e. The maximum Gasteiger partial charge on any atom is 0.452 e. The molecule has 0 spiro atoms. The molecular formula is C26H28F3N5O3. The molecule has 0 radical (unpaired) electrons. The van der Waals surface area contributed by atoms with Crippen molar-refractivity contribution in [2.24, 2.45) is 0 Å². The molecule has 1 N–H and O–H groups in total. The van der Waals surface area contributed by atoms with E-state index in [-0.39, 0.29) is 23.5 Å². The van der Waals surface area contributed by atoms with E-state index in [1.807, 2.05) is 18.9 Å². The van der Waals surface area contributed by atoms with Crippen LogP contribution in [-0.2, 0) is 11.0 Å². The van der Waals surface area contributed by atoms with Gasteiger partial charge in [0.2, 0.25) is 17.6 Å². The molecule has 37 heavy (non-hydrogen) atoms. The van der Waals surface area contributed by atoms with Crippen molar-refractivity contribution in [3.8, 4) is 11.5 Å². The van der Waals surface area contributed by atoms with Gasteiger partial charge >= 0.3 is 6.18 Å². The number of amides is 2. The second kappa shape index (κ2) is 11.0. The van der Waals surface area contributed by atoms with Crippen LogP contribution >= 0.6 is 0 Å². The van der Waals surface area contributed by atoms with Gasteiger partial charge in [-0.15, -0.1) is 0 Å². The summed E-state index contributed by atoms with van der Waals surface area (Å²) in [4.78, 5) is 37.0. The molecule has 0 saturated carbocycles. The molecule has 1 saturated heterocycles. The molecule has 2 aromatic heterocycles.